The summed E-state index contributed by atoms with van der Waals surface area (Å²) in [6, 6.07) is 7.09. The minimum Gasteiger partial charge on any atom is -0.497 e. The summed E-state index contributed by atoms with van der Waals surface area (Å²) >= 11 is 0. The molecule has 1 unspecified atom stereocenters. The highest BCUT2D eigenvalue weighted by Crippen LogP contribution is 2.17. The first kappa shape index (κ1) is 14.8. The van der Waals surface area contributed by atoms with Crippen LogP contribution in [-0.4, -0.2) is 24.1 Å². The molecule has 1 atom stereocenters. The zero-order valence-corrected chi connectivity index (χ0v) is 11.1. The molecule has 0 saturated carbocycles. The van der Waals surface area contributed by atoms with Crippen molar-refractivity contribution in [3.63, 3.8) is 0 Å². The molecule has 0 fully saturated rings. The van der Waals surface area contributed by atoms with Crippen molar-refractivity contribution in [2.24, 2.45) is 0 Å². The SMILES string of the molecule is COc1ccc(C(C)NC(=O)/C(C)=C\C(=O)O)cc1. The zero-order chi connectivity index (χ0) is 14.4. The minimum absolute atomic E-state index is 0.160. The second kappa shape index (κ2) is 6.58. The summed E-state index contributed by atoms with van der Waals surface area (Å²) in [5.74, 6) is -0.792. The molecule has 0 radical (unpaired) electrons. The van der Waals surface area contributed by atoms with E-state index in [1.165, 1.54) is 6.92 Å². The van der Waals surface area contributed by atoms with E-state index >= 15 is 0 Å². The summed E-state index contributed by atoms with van der Waals surface area (Å²) in [7, 11) is 1.58. The fourth-order valence-corrected chi connectivity index (χ4v) is 1.54. The first-order chi connectivity index (χ1) is 8.93. The number of methoxy groups -OCH3 is 1. The van der Waals surface area contributed by atoms with Crippen molar-refractivity contribution in [2.75, 3.05) is 7.11 Å². The van der Waals surface area contributed by atoms with Crippen LogP contribution in [0.1, 0.15) is 25.5 Å². The van der Waals surface area contributed by atoms with Gasteiger partial charge in [0.1, 0.15) is 5.75 Å². The van der Waals surface area contributed by atoms with Gasteiger partial charge in [0.25, 0.3) is 0 Å². The molecule has 0 aliphatic heterocycles. The predicted octanol–water partition coefficient (Wildman–Crippen LogP) is 1.90. The number of hydrogen-bond acceptors (Lipinski definition) is 3. The average Bonchev–Trinajstić information content (AvgIpc) is 2.37. The number of carbonyl (C=O) groups excluding carboxylic acids is 1. The van der Waals surface area contributed by atoms with Gasteiger partial charge < -0.3 is 15.2 Å². The molecule has 102 valence electrons. The van der Waals surface area contributed by atoms with Crippen molar-refractivity contribution in [1.82, 2.24) is 5.32 Å². The molecule has 0 saturated heterocycles. The molecule has 0 aliphatic carbocycles. The lowest BCUT2D eigenvalue weighted by Crippen LogP contribution is -2.27. The van der Waals surface area contributed by atoms with Crippen LogP contribution in [0.15, 0.2) is 35.9 Å². The Labute approximate surface area is 111 Å². The van der Waals surface area contributed by atoms with Gasteiger partial charge in [0.05, 0.1) is 13.2 Å². The van der Waals surface area contributed by atoms with Gasteiger partial charge in [-0.15, -0.1) is 0 Å². The van der Waals surface area contributed by atoms with Crippen LogP contribution in [0.25, 0.3) is 0 Å². The zero-order valence-electron chi connectivity index (χ0n) is 11.1. The molecule has 1 aromatic carbocycles. The van der Waals surface area contributed by atoms with Crippen LogP contribution in [-0.2, 0) is 9.59 Å². The molecule has 0 bridgehead atoms. The normalized spacial score (nSPS) is 12.7. The van der Waals surface area contributed by atoms with Gasteiger partial charge in [0.15, 0.2) is 0 Å². The van der Waals surface area contributed by atoms with E-state index < -0.39 is 11.9 Å². The maximum atomic E-state index is 11.7. The van der Waals surface area contributed by atoms with E-state index in [0.717, 1.165) is 17.4 Å². The number of rotatable bonds is 5. The molecule has 0 aliphatic rings. The van der Waals surface area contributed by atoms with Gasteiger partial charge in [-0.05, 0) is 31.5 Å². The van der Waals surface area contributed by atoms with Gasteiger partial charge in [0.2, 0.25) is 5.91 Å². The predicted molar refractivity (Wildman–Crippen MR) is 70.9 cm³/mol. The summed E-state index contributed by atoms with van der Waals surface area (Å²) in [4.78, 5) is 22.2. The Kier molecular flexibility index (Phi) is 5.11. The lowest BCUT2D eigenvalue weighted by atomic mass is 10.1. The summed E-state index contributed by atoms with van der Waals surface area (Å²) < 4.78 is 5.05. The van der Waals surface area contributed by atoms with Crippen molar-refractivity contribution in [3.8, 4) is 5.75 Å². The Morgan fingerprint density at radius 1 is 1.32 bits per heavy atom. The third-order valence-electron chi connectivity index (χ3n) is 2.66. The Bertz CT molecular complexity index is 491. The van der Waals surface area contributed by atoms with E-state index in [2.05, 4.69) is 5.32 Å². The van der Waals surface area contributed by atoms with Crippen LogP contribution in [0.4, 0.5) is 0 Å². The van der Waals surface area contributed by atoms with Crippen LogP contribution >= 0.6 is 0 Å². The third kappa shape index (κ3) is 4.46. The number of nitrogens with one attached hydrogen (secondary N) is 1. The molecule has 0 spiro atoms. The topological polar surface area (TPSA) is 75.6 Å². The van der Waals surface area contributed by atoms with Crippen LogP contribution in [0.2, 0.25) is 0 Å². The van der Waals surface area contributed by atoms with E-state index in [-0.39, 0.29) is 11.6 Å². The molecule has 0 aromatic heterocycles. The molecule has 0 heterocycles. The summed E-state index contributed by atoms with van der Waals surface area (Å²) in [6.07, 6.45) is 0.885. The van der Waals surface area contributed by atoms with Gasteiger partial charge in [-0.2, -0.15) is 0 Å². The van der Waals surface area contributed by atoms with Crippen LogP contribution in [0, 0.1) is 0 Å². The van der Waals surface area contributed by atoms with Gasteiger partial charge in [0, 0.05) is 11.6 Å². The fourth-order valence-electron chi connectivity index (χ4n) is 1.54. The van der Waals surface area contributed by atoms with Gasteiger partial charge in [-0.1, -0.05) is 12.1 Å². The monoisotopic (exact) mass is 263 g/mol. The third-order valence-corrected chi connectivity index (χ3v) is 2.66. The number of aliphatic carboxylic acids is 1. The molecule has 5 heteroatoms. The molecular formula is C14H17NO4. The summed E-state index contributed by atoms with van der Waals surface area (Å²) in [5, 5.41) is 11.3. The van der Waals surface area contributed by atoms with Crippen molar-refractivity contribution in [3.05, 3.63) is 41.5 Å². The molecule has 19 heavy (non-hydrogen) atoms. The Balaban J connectivity index is 2.70. The van der Waals surface area contributed by atoms with E-state index in [1.807, 2.05) is 19.1 Å². The second-order valence-electron chi connectivity index (χ2n) is 4.13. The van der Waals surface area contributed by atoms with E-state index in [0.29, 0.717) is 0 Å². The van der Waals surface area contributed by atoms with Crippen molar-refractivity contribution in [1.29, 1.82) is 0 Å². The first-order valence-corrected chi connectivity index (χ1v) is 5.80. The van der Waals surface area contributed by atoms with Crippen molar-refractivity contribution >= 4 is 11.9 Å². The molecular weight excluding hydrogens is 246 g/mol. The Morgan fingerprint density at radius 2 is 1.89 bits per heavy atom. The molecule has 1 aromatic rings. The number of benzene rings is 1. The van der Waals surface area contributed by atoms with E-state index in [1.54, 1.807) is 19.2 Å². The maximum Gasteiger partial charge on any atom is 0.328 e. The number of carbonyl (C=O) groups is 2. The number of carboxylic acid groups (broad SMARTS) is 1. The Hall–Kier alpha value is -2.30. The van der Waals surface area contributed by atoms with Crippen LogP contribution < -0.4 is 10.1 Å². The smallest absolute Gasteiger partial charge is 0.328 e. The van der Waals surface area contributed by atoms with E-state index in [9.17, 15) is 9.59 Å². The largest absolute Gasteiger partial charge is 0.497 e. The van der Waals surface area contributed by atoms with Crippen molar-refractivity contribution in [2.45, 2.75) is 19.9 Å². The number of amides is 1. The van der Waals surface area contributed by atoms with Crippen molar-refractivity contribution < 1.29 is 19.4 Å². The molecule has 1 rings (SSSR count). The van der Waals surface area contributed by atoms with Gasteiger partial charge >= 0.3 is 5.97 Å². The highest BCUT2D eigenvalue weighted by Gasteiger charge is 2.11. The van der Waals surface area contributed by atoms with E-state index in [4.69, 9.17) is 9.84 Å². The highest BCUT2D eigenvalue weighted by molar-refractivity contribution is 5.98. The van der Waals surface area contributed by atoms with Gasteiger partial charge in [-0.25, -0.2) is 4.79 Å². The Morgan fingerprint density at radius 3 is 2.37 bits per heavy atom. The lowest BCUT2D eigenvalue weighted by Gasteiger charge is -2.14. The second-order valence-corrected chi connectivity index (χ2v) is 4.13. The lowest BCUT2D eigenvalue weighted by molar-refractivity contribution is -0.131. The number of ether oxygens (including phenoxy) is 1. The standard InChI is InChI=1S/C14H17NO4/c1-9(8-13(16)17)14(18)15-10(2)11-4-6-12(19-3)7-5-11/h4-8,10H,1-3H3,(H,15,18)(H,16,17)/b9-8-. The number of hydrogen-bond donors (Lipinski definition) is 2. The minimum atomic E-state index is -1.13. The maximum absolute atomic E-state index is 11.7. The molecule has 1 amide bonds. The molecule has 2 N–H and O–H groups in total. The quantitative estimate of drug-likeness (QED) is 0.796. The number of carboxylic acids is 1. The van der Waals surface area contributed by atoms with Gasteiger partial charge in [-0.3, -0.25) is 4.79 Å². The molecule has 5 nitrogen and oxygen atoms in total. The summed E-state index contributed by atoms with van der Waals surface area (Å²) in [6.45, 7) is 3.29. The van der Waals surface area contributed by atoms with Crippen LogP contribution in [0.3, 0.4) is 0 Å². The first-order valence-electron chi connectivity index (χ1n) is 5.80. The van der Waals surface area contributed by atoms with Crippen LogP contribution in [0.5, 0.6) is 5.75 Å². The highest BCUT2D eigenvalue weighted by atomic mass is 16.5. The summed E-state index contributed by atoms with van der Waals surface area (Å²) in [5.41, 5.74) is 1.07. The fraction of sp³-hybridized carbons (Fsp3) is 0.286. The average molecular weight is 263 g/mol.